The molecular formula is C12H8BrF3N4O2. The molecule has 3 aromatic heterocycles. The predicted molar refractivity (Wildman–Crippen MR) is 70.8 cm³/mol. The van der Waals surface area contributed by atoms with Crippen molar-refractivity contribution in [2.75, 3.05) is 0 Å². The van der Waals surface area contributed by atoms with E-state index in [4.69, 9.17) is 8.94 Å². The molecule has 6 nitrogen and oxygen atoms in total. The van der Waals surface area contributed by atoms with Crippen molar-refractivity contribution in [3.8, 4) is 11.6 Å². The van der Waals surface area contributed by atoms with Crippen molar-refractivity contribution in [3.05, 3.63) is 40.1 Å². The quantitative estimate of drug-likeness (QED) is 0.697. The van der Waals surface area contributed by atoms with Crippen LogP contribution in [-0.2, 0) is 12.7 Å². The molecule has 0 unspecified atom stereocenters. The highest BCUT2D eigenvalue weighted by molar-refractivity contribution is 9.10. The van der Waals surface area contributed by atoms with E-state index < -0.39 is 11.9 Å². The number of nitrogens with zero attached hydrogens (tertiary/aromatic N) is 4. The molecule has 3 heterocycles. The van der Waals surface area contributed by atoms with Crippen molar-refractivity contribution in [1.82, 2.24) is 19.9 Å². The molecule has 0 saturated carbocycles. The molecule has 0 aromatic carbocycles. The van der Waals surface area contributed by atoms with Crippen LogP contribution in [0.4, 0.5) is 13.2 Å². The van der Waals surface area contributed by atoms with E-state index in [1.54, 1.807) is 12.1 Å². The van der Waals surface area contributed by atoms with E-state index in [0.717, 1.165) is 10.7 Å². The SMILES string of the molecule is Cc1cc(C(F)(F)F)nn1Cc1nc(-c2ccc(Br)o2)no1. The molecule has 0 spiro atoms. The topological polar surface area (TPSA) is 69.9 Å². The van der Waals surface area contributed by atoms with Gasteiger partial charge in [0.1, 0.15) is 6.54 Å². The summed E-state index contributed by atoms with van der Waals surface area (Å²) in [5.74, 6) is 0.721. The van der Waals surface area contributed by atoms with E-state index in [1.807, 2.05) is 0 Å². The van der Waals surface area contributed by atoms with Gasteiger partial charge in [-0.1, -0.05) is 5.16 Å². The lowest BCUT2D eigenvalue weighted by Gasteiger charge is -2.01. The Kier molecular flexibility index (Phi) is 3.55. The summed E-state index contributed by atoms with van der Waals surface area (Å²) in [6.45, 7) is 1.46. The van der Waals surface area contributed by atoms with Crippen LogP contribution in [0.1, 0.15) is 17.3 Å². The fraction of sp³-hybridized carbons (Fsp3) is 0.250. The molecule has 0 aliphatic heterocycles. The van der Waals surface area contributed by atoms with Gasteiger partial charge >= 0.3 is 6.18 Å². The van der Waals surface area contributed by atoms with Gasteiger partial charge in [0.15, 0.2) is 16.1 Å². The Hall–Kier alpha value is -2.10. The number of aromatic nitrogens is 4. The van der Waals surface area contributed by atoms with Crippen LogP contribution >= 0.6 is 15.9 Å². The van der Waals surface area contributed by atoms with Crippen molar-refractivity contribution in [2.45, 2.75) is 19.6 Å². The number of alkyl halides is 3. The van der Waals surface area contributed by atoms with E-state index in [0.29, 0.717) is 16.1 Å². The summed E-state index contributed by atoms with van der Waals surface area (Å²) >= 11 is 3.15. The Morgan fingerprint density at radius 2 is 2.09 bits per heavy atom. The zero-order valence-corrected chi connectivity index (χ0v) is 12.6. The van der Waals surface area contributed by atoms with Gasteiger partial charge in [-0.05, 0) is 41.1 Å². The van der Waals surface area contributed by atoms with Gasteiger partial charge in [0, 0.05) is 5.69 Å². The molecule has 0 bridgehead atoms. The third-order valence-corrected chi connectivity index (χ3v) is 3.24. The summed E-state index contributed by atoms with van der Waals surface area (Å²) in [5, 5.41) is 7.21. The Balaban J connectivity index is 1.82. The molecule has 0 fully saturated rings. The molecule has 0 radical (unpaired) electrons. The number of hydrogen-bond acceptors (Lipinski definition) is 5. The molecule has 0 saturated heterocycles. The zero-order valence-electron chi connectivity index (χ0n) is 11.1. The molecule has 0 aliphatic carbocycles. The van der Waals surface area contributed by atoms with Crippen LogP contribution in [0, 0.1) is 6.92 Å². The first-order valence-electron chi connectivity index (χ1n) is 6.03. The zero-order chi connectivity index (χ0) is 15.9. The number of rotatable bonds is 3. The second-order valence-corrected chi connectivity index (χ2v) is 5.22. The lowest BCUT2D eigenvalue weighted by molar-refractivity contribution is -0.141. The maximum absolute atomic E-state index is 12.6. The second kappa shape index (κ2) is 5.27. The molecular weight excluding hydrogens is 369 g/mol. The van der Waals surface area contributed by atoms with E-state index >= 15 is 0 Å². The summed E-state index contributed by atoms with van der Waals surface area (Å²) in [7, 11) is 0. The average Bonchev–Trinajstić information content (AvgIpc) is 3.11. The van der Waals surface area contributed by atoms with Crippen LogP contribution in [0.25, 0.3) is 11.6 Å². The van der Waals surface area contributed by atoms with Crippen LogP contribution < -0.4 is 0 Å². The first-order valence-corrected chi connectivity index (χ1v) is 6.82. The molecule has 0 N–H and O–H groups in total. The van der Waals surface area contributed by atoms with Gasteiger partial charge in [0.2, 0.25) is 11.7 Å². The third-order valence-electron chi connectivity index (χ3n) is 2.82. The first kappa shape index (κ1) is 14.8. The third kappa shape index (κ3) is 2.91. The summed E-state index contributed by atoms with van der Waals surface area (Å²) in [6.07, 6.45) is -4.49. The van der Waals surface area contributed by atoms with Crippen molar-refractivity contribution >= 4 is 15.9 Å². The Bertz CT molecular complexity index is 806. The summed E-state index contributed by atoms with van der Waals surface area (Å²) in [4.78, 5) is 4.07. The molecule has 0 amide bonds. The lowest BCUT2D eigenvalue weighted by Crippen LogP contribution is -2.09. The van der Waals surface area contributed by atoms with Crippen molar-refractivity contribution < 1.29 is 22.1 Å². The standard InChI is InChI=1S/C12H8BrF3N4O2/c1-6-4-8(12(14,15)16)18-20(6)5-10-17-11(19-22-10)7-2-3-9(13)21-7/h2-4H,5H2,1H3. The van der Waals surface area contributed by atoms with Crippen LogP contribution in [-0.4, -0.2) is 19.9 Å². The molecule has 116 valence electrons. The summed E-state index contributed by atoms with van der Waals surface area (Å²) in [6, 6.07) is 4.26. The molecule has 10 heteroatoms. The van der Waals surface area contributed by atoms with Crippen LogP contribution in [0.3, 0.4) is 0 Å². The number of aryl methyl sites for hydroxylation is 1. The first-order chi connectivity index (χ1) is 10.3. The molecule has 0 atom stereocenters. The minimum atomic E-state index is -4.49. The van der Waals surface area contributed by atoms with E-state index in [9.17, 15) is 13.2 Å². The Labute approximate surface area is 130 Å². The highest BCUT2D eigenvalue weighted by Gasteiger charge is 2.34. The largest absolute Gasteiger partial charge is 0.446 e. The minimum absolute atomic E-state index is 0.0587. The highest BCUT2D eigenvalue weighted by Crippen LogP contribution is 2.28. The van der Waals surface area contributed by atoms with Crippen molar-refractivity contribution in [2.24, 2.45) is 0 Å². The molecule has 3 aromatic rings. The van der Waals surface area contributed by atoms with Gasteiger partial charge in [0.05, 0.1) is 0 Å². The van der Waals surface area contributed by atoms with E-state index in [2.05, 4.69) is 31.2 Å². The maximum Gasteiger partial charge on any atom is 0.435 e. The monoisotopic (exact) mass is 376 g/mol. The fourth-order valence-corrected chi connectivity index (χ4v) is 2.10. The number of hydrogen-bond donors (Lipinski definition) is 0. The van der Waals surface area contributed by atoms with Gasteiger partial charge < -0.3 is 8.94 Å². The smallest absolute Gasteiger partial charge is 0.435 e. The maximum atomic E-state index is 12.6. The van der Waals surface area contributed by atoms with Gasteiger partial charge in [-0.3, -0.25) is 4.68 Å². The van der Waals surface area contributed by atoms with Crippen molar-refractivity contribution in [1.29, 1.82) is 0 Å². The van der Waals surface area contributed by atoms with Gasteiger partial charge in [-0.15, -0.1) is 0 Å². The number of furan rings is 1. The van der Waals surface area contributed by atoms with Gasteiger partial charge in [0.25, 0.3) is 0 Å². The summed E-state index contributed by atoms with van der Waals surface area (Å²) in [5.41, 5.74) is -0.618. The molecule has 22 heavy (non-hydrogen) atoms. The van der Waals surface area contributed by atoms with E-state index in [1.165, 1.54) is 6.92 Å². The normalized spacial score (nSPS) is 12.0. The van der Waals surface area contributed by atoms with Crippen LogP contribution in [0.15, 0.2) is 31.8 Å². The molecule has 3 rings (SSSR count). The minimum Gasteiger partial charge on any atom is -0.446 e. The fourth-order valence-electron chi connectivity index (χ4n) is 1.79. The lowest BCUT2D eigenvalue weighted by atomic mass is 10.3. The Morgan fingerprint density at radius 1 is 1.32 bits per heavy atom. The number of halogens is 4. The Morgan fingerprint density at radius 3 is 2.68 bits per heavy atom. The van der Waals surface area contributed by atoms with Crippen LogP contribution in [0.5, 0.6) is 0 Å². The average molecular weight is 377 g/mol. The molecule has 0 aliphatic rings. The highest BCUT2D eigenvalue weighted by atomic mass is 79.9. The second-order valence-electron chi connectivity index (χ2n) is 4.44. The van der Waals surface area contributed by atoms with Crippen LogP contribution in [0.2, 0.25) is 0 Å². The van der Waals surface area contributed by atoms with Gasteiger partial charge in [-0.2, -0.15) is 23.3 Å². The summed E-state index contributed by atoms with van der Waals surface area (Å²) < 4.78 is 49.7. The van der Waals surface area contributed by atoms with Gasteiger partial charge in [-0.25, -0.2) is 0 Å². The van der Waals surface area contributed by atoms with Crippen molar-refractivity contribution in [3.63, 3.8) is 0 Å². The predicted octanol–water partition coefficient (Wildman–Crippen LogP) is 3.66. The van der Waals surface area contributed by atoms with E-state index in [-0.39, 0.29) is 18.3 Å².